The molecule has 0 heterocycles. The number of carbonyl (C=O) groups excluding carboxylic acids is 1. The van der Waals surface area contributed by atoms with E-state index < -0.39 is 0 Å². The number of ether oxygens (including phenoxy) is 1. The number of methoxy groups -OCH3 is 1. The molecule has 2 aromatic carbocycles. The van der Waals surface area contributed by atoms with Gasteiger partial charge in [-0.05, 0) is 48.9 Å². The van der Waals surface area contributed by atoms with Crippen molar-refractivity contribution in [3.05, 3.63) is 53.1 Å². The first-order valence-corrected chi connectivity index (χ1v) is 6.90. The molecule has 21 heavy (non-hydrogen) atoms. The number of hydrogen-bond donors (Lipinski definition) is 2. The Bertz CT molecular complexity index is 644. The Hall–Kier alpha value is -2.20. The number of carbonyl (C=O) groups is 1. The van der Waals surface area contributed by atoms with Crippen LogP contribution in [0.15, 0.2) is 42.5 Å². The van der Waals surface area contributed by atoms with E-state index in [1.807, 2.05) is 25.1 Å². The molecule has 0 unspecified atom stereocenters. The number of benzene rings is 2. The second kappa shape index (κ2) is 6.99. The van der Waals surface area contributed by atoms with Crippen molar-refractivity contribution >= 4 is 28.9 Å². The summed E-state index contributed by atoms with van der Waals surface area (Å²) < 4.78 is 5.20. The fraction of sp³-hybridized carbons (Fsp3) is 0.188. The molecule has 5 heteroatoms. The van der Waals surface area contributed by atoms with Gasteiger partial charge in [0.1, 0.15) is 5.75 Å². The highest BCUT2D eigenvalue weighted by Gasteiger charge is 2.04. The molecule has 110 valence electrons. The molecular formula is C16H17ClN2O2. The molecule has 4 nitrogen and oxygen atoms in total. The van der Waals surface area contributed by atoms with E-state index in [1.54, 1.807) is 31.4 Å². The normalized spacial score (nSPS) is 10.0. The minimum absolute atomic E-state index is 0.134. The maximum absolute atomic E-state index is 11.9. The summed E-state index contributed by atoms with van der Waals surface area (Å²) in [7, 11) is 1.63. The number of anilines is 2. The Kier molecular flexibility index (Phi) is 5.06. The molecule has 0 spiro atoms. The molecule has 2 N–H and O–H groups in total. The first-order valence-electron chi connectivity index (χ1n) is 6.52. The van der Waals surface area contributed by atoms with Crippen LogP contribution in [0.3, 0.4) is 0 Å². The largest absolute Gasteiger partial charge is 0.496 e. The standard InChI is InChI=1S/C16H17ClN2O2/c1-11-8-13(6-7-15(11)21-2)18-10-16(20)19-14-5-3-4-12(17)9-14/h3-9,18H,10H2,1-2H3,(H,19,20). The maximum atomic E-state index is 11.9. The zero-order chi connectivity index (χ0) is 15.2. The zero-order valence-corrected chi connectivity index (χ0v) is 12.7. The first kappa shape index (κ1) is 15.2. The van der Waals surface area contributed by atoms with Crippen molar-refractivity contribution in [2.24, 2.45) is 0 Å². The second-order valence-corrected chi connectivity index (χ2v) is 5.03. The van der Waals surface area contributed by atoms with E-state index in [0.717, 1.165) is 17.0 Å². The minimum Gasteiger partial charge on any atom is -0.496 e. The molecule has 0 radical (unpaired) electrons. The van der Waals surface area contributed by atoms with Crippen LogP contribution >= 0.6 is 11.6 Å². The summed E-state index contributed by atoms with van der Waals surface area (Å²) in [5, 5.41) is 6.44. The first-order chi connectivity index (χ1) is 10.1. The molecule has 1 amide bonds. The molecule has 0 bridgehead atoms. The molecule has 0 aliphatic carbocycles. The number of rotatable bonds is 5. The summed E-state index contributed by atoms with van der Waals surface area (Å²) in [5.41, 5.74) is 2.56. The minimum atomic E-state index is -0.134. The molecule has 2 aromatic rings. The lowest BCUT2D eigenvalue weighted by Crippen LogP contribution is -2.21. The zero-order valence-electron chi connectivity index (χ0n) is 11.9. The monoisotopic (exact) mass is 304 g/mol. The molecule has 0 atom stereocenters. The van der Waals surface area contributed by atoms with Crippen LogP contribution in [-0.2, 0) is 4.79 Å². The van der Waals surface area contributed by atoms with Crippen molar-refractivity contribution in [2.75, 3.05) is 24.3 Å². The van der Waals surface area contributed by atoms with Gasteiger partial charge in [0.15, 0.2) is 0 Å². The van der Waals surface area contributed by atoms with Gasteiger partial charge in [0, 0.05) is 16.4 Å². The summed E-state index contributed by atoms with van der Waals surface area (Å²) in [5.74, 6) is 0.690. The Labute approximate surface area is 129 Å². The van der Waals surface area contributed by atoms with Gasteiger partial charge in [-0.25, -0.2) is 0 Å². The van der Waals surface area contributed by atoms with Crippen LogP contribution in [0, 0.1) is 6.92 Å². The summed E-state index contributed by atoms with van der Waals surface area (Å²) in [6.07, 6.45) is 0. The molecule has 0 saturated heterocycles. The summed E-state index contributed by atoms with van der Waals surface area (Å²) >= 11 is 5.87. The van der Waals surface area contributed by atoms with Crippen molar-refractivity contribution in [3.63, 3.8) is 0 Å². The van der Waals surface area contributed by atoms with Crippen LogP contribution in [0.1, 0.15) is 5.56 Å². The van der Waals surface area contributed by atoms with Gasteiger partial charge in [-0.15, -0.1) is 0 Å². The Morgan fingerprint density at radius 1 is 1.19 bits per heavy atom. The highest BCUT2D eigenvalue weighted by atomic mass is 35.5. The van der Waals surface area contributed by atoms with Gasteiger partial charge in [0.2, 0.25) is 5.91 Å². The van der Waals surface area contributed by atoms with Gasteiger partial charge in [0.05, 0.1) is 13.7 Å². The van der Waals surface area contributed by atoms with Crippen LogP contribution < -0.4 is 15.4 Å². The lowest BCUT2D eigenvalue weighted by Gasteiger charge is -2.10. The fourth-order valence-electron chi connectivity index (χ4n) is 1.94. The predicted octanol–water partition coefficient (Wildman–Crippen LogP) is 3.71. The number of halogens is 1. The molecule has 0 aliphatic rings. The lowest BCUT2D eigenvalue weighted by atomic mass is 10.2. The van der Waals surface area contributed by atoms with E-state index in [2.05, 4.69) is 10.6 Å². The summed E-state index contributed by atoms with van der Waals surface area (Å²) in [6.45, 7) is 2.13. The fourth-order valence-corrected chi connectivity index (χ4v) is 2.13. The predicted molar refractivity (Wildman–Crippen MR) is 86.3 cm³/mol. The van der Waals surface area contributed by atoms with Crippen LogP contribution in [0.25, 0.3) is 0 Å². The third-order valence-electron chi connectivity index (χ3n) is 2.96. The van der Waals surface area contributed by atoms with Gasteiger partial charge in [-0.3, -0.25) is 4.79 Å². The average Bonchev–Trinajstić information content (AvgIpc) is 2.45. The number of amides is 1. The van der Waals surface area contributed by atoms with Gasteiger partial charge >= 0.3 is 0 Å². The average molecular weight is 305 g/mol. The SMILES string of the molecule is COc1ccc(NCC(=O)Nc2cccc(Cl)c2)cc1C. The van der Waals surface area contributed by atoms with Crippen molar-refractivity contribution in [1.29, 1.82) is 0 Å². The third-order valence-corrected chi connectivity index (χ3v) is 3.19. The van der Waals surface area contributed by atoms with Gasteiger partial charge in [-0.2, -0.15) is 0 Å². The Morgan fingerprint density at radius 3 is 2.67 bits per heavy atom. The third kappa shape index (κ3) is 4.39. The van der Waals surface area contributed by atoms with E-state index >= 15 is 0 Å². The molecule has 0 aromatic heterocycles. The van der Waals surface area contributed by atoms with Gasteiger partial charge in [-0.1, -0.05) is 17.7 Å². The molecular weight excluding hydrogens is 288 g/mol. The van der Waals surface area contributed by atoms with Crippen LogP contribution in [0.2, 0.25) is 5.02 Å². The van der Waals surface area contributed by atoms with Crippen molar-refractivity contribution < 1.29 is 9.53 Å². The van der Waals surface area contributed by atoms with Crippen molar-refractivity contribution in [2.45, 2.75) is 6.92 Å². The smallest absolute Gasteiger partial charge is 0.243 e. The quantitative estimate of drug-likeness (QED) is 0.885. The Balaban J connectivity index is 1.90. The highest BCUT2D eigenvalue weighted by molar-refractivity contribution is 6.30. The van der Waals surface area contributed by atoms with Gasteiger partial charge < -0.3 is 15.4 Å². The van der Waals surface area contributed by atoms with E-state index in [-0.39, 0.29) is 12.5 Å². The van der Waals surface area contributed by atoms with E-state index in [0.29, 0.717) is 10.7 Å². The molecule has 0 fully saturated rings. The maximum Gasteiger partial charge on any atom is 0.243 e. The number of hydrogen-bond acceptors (Lipinski definition) is 3. The number of nitrogens with one attached hydrogen (secondary N) is 2. The molecule has 0 aliphatic heterocycles. The van der Waals surface area contributed by atoms with Crippen molar-refractivity contribution in [1.82, 2.24) is 0 Å². The lowest BCUT2D eigenvalue weighted by molar-refractivity contribution is -0.114. The van der Waals surface area contributed by atoms with Crippen LogP contribution in [0.5, 0.6) is 5.75 Å². The van der Waals surface area contributed by atoms with Crippen LogP contribution in [-0.4, -0.2) is 19.6 Å². The van der Waals surface area contributed by atoms with Crippen molar-refractivity contribution in [3.8, 4) is 5.75 Å². The molecule has 2 rings (SSSR count). The highest BCUT2D eigenvalue weighted by Crippen LogP contribution is 2.21. The van der Waals surface area contributed by atoms with Gasteiger partial charge in [0.25, 0.3) is 0 Å². The molecule has 0 saturated carbocycles. The second-order valence-electron chi connectivity index (χ2n) is 4.60. The number of aryl methyl sites for hydroxylation is 1. The van der Waals surface area contributed by atoms with E-state index in [9.17, 15) is 4.79 Å². The van der Waals surface area contributed by atoms with E-state index in [4.69, 9.17) is 16.3 Å². The topological polar surface area (TPSA) is 50.4 Å². The Morgan fingerprint density at radius 2 is 2.00 bits per heavy atom. The van der Waals surface area contributed by atoms with E-state index in [1.165, 1.54) is 0 Å². The summed E-state index contributed by atoms with van der Waals surface area (Å²) in [4.78, 5) is 11.9. The summed E-state index contributed by atoms with van der Waals surface area (Å²) in [6, 6.07) is 12.7. The van der Waals surface area contributed by atoms with Crippen LogP contribution in [0.4, 0.5) is 11.4 Å².